The zero-order valence-electron chi connectivity index (χ0n) is 17.2. The van der Waals surface area contributed by atoms with Crippen LogP contribution in [0.3, 0.4) is 0 Å². The molecule has 8 heteroatoms. The van der Waals surface area contributed by atoms with Crippen LogP contribution in [0, 0.1) is 13.8 Å². The number of furan rings is 1. The van der Waals surface area contributed by atoms with E-state index in [1.807, 2.05) is 36.4 Å². The normalized spacial score (nSPS) is 19.3. The minimum Gasteiger partial charge on any atom is -0.475 e. The van der Waals surface area contributed by atoms with E-state index in [9.17, 15) is 18.3 Å². The van der Waals surface area contributed by atoms with Crippen molar-refractivity contribution < 1.29 is 32.6 Å². The summed E-state index contributed by atoms with van der Waals surface area (Å²) in [6, 6.07) is 16.3. The van der Waals surface area contributed by atoms with E-state index in [-0.39, 0.29) is 0 Å². The predicted molar refractivity (Wildman–Crippen MR) is 110 cm³/mol. The number of aryl methyl sites for hydroxylation is 2. The Balaban J connectivity index is 0.000000339. The van der Waals surface area contributed by atoms with Gasteiger partial charge in [0, 0.05) is 18.5 Å². The molecule has 31 heavy (non-hydrogen) atoms. The number of alkyl halides is 3. The van der Waals surface area contributed by atoms with E-state index < -0.39 is 17.7 Å². The largest absolute Gasteiger partial charge is 0.490 e. The van der Waals surface area contributed by atoms with Gasteiger partial charge >= 0.3 is 12.1 Å². The number of β-amino-alcohol motifs (C(OH)–C–C–N with tert-alkyl or cyclic N) is 1. The van der Waals surface area contributed by atoms with Gasteiger partial charge in [0.05, 0.1) is 6.54 Å². The minimum atomic E-state index is -5.08. The fraction of sp³-hybridized carbons (Fsp3) is 0.348. The lowest BCUT2D eigenvalue weighted by atomic mass is 9.93. The lowest BCUT2D eigenvalue weighted by Gasteiger charge is -2.23. The minimum absolute atomic E-state index is 0.645. The van der Waals surface area contributed by atoms with Gasteiger partial charge in [0.2, 0.25) is 0 Å². The molecule has 0 radical (unpaired) electrons. The number of carbonyl (C=O) groups is 1. The summed E-state index contributed by atoms with van der Waals surface area (Å²) in [6.45, 7) is 6.49. The molecule has 0 saturated carbocycles. The van der Waals surface area contributed by atoms with Crippen LogP contribution < -0.4 is 0 Å². The molecule has 0 bridgehead atoms. The van der Waals surface area contributed by atoms with Crippen molar-refractivity contribution in [1.82, 2.24) is 4.90 Å². The van der Waals surface area contributed by atoms with Crippen LogP contribution in [0.4, 0.5) is 13.2 Å². The molecule has 0 aliphatic carbocycles. The zero-order valence-corrected chi connectivity index (χ0v) is 17.2. The number of carboxylic acids is 1. The highest BCUT2D eigenvalue weighted by Crippen LogP contribution is 2.34. The number of halogens is 3. The molecule has 0 amide bonds. The molecule has 1 unspecified atom stereocenters. The van der Waals surface area contributed by atoms with E-state index in [2.05, 4.69) is 30.9 Å². The Labute approximate surface area is 177 Å². The lowest BCUT2D eigenvalue weighted by molar-refractivity contribution is -0.192. The van der Waals surface area contributed by atoms with E-state index in [4.69, 9.17) is 14.3 Å². The standard InChI is InChI=1S/C21H23NO2.C2HF3O2/c1-15-8-9-19-18(12-15)16(2)20(24-19)13-22-11-10-21(23,14-22)17-6-4-3-5-7-17;3-2(4,5)1(6)7/h3-9,12,23H,10-11,13-14H2,1-2H3;(H,6,7). The van der Waals surface area contributed by atoms with Gasteiger partial charge in [-0.05, 0) is 43.5 Å². The van der Waals surface area contributed by atoms with Crippen molar-refractivity contribution in [3.8, 4) is 0 Å². The fourth-order valence-electron chi connectivity index (χ4n) is 3.73. The number of nitrogens with zero attached hydrogens (tertiary/aromatic N) is 1. The zero-order chi connectivity index (χ0) is 22.8. The second kappa shape index (κ2) is 8.72. The van der Waals surface area contributed by atoms with E-state index >= 15 is 0 Å². The Morgan fingerprint density at radius 3 is 2.42 bits per heavy atom. The quantitative estimate of drug-likeness (QED) is 0.620. The third-order valence-electron chi connectivity index (χ3n) is 5.44. The van der Waals surface area contributed by atoms with Crippen LogP contribution in [-0.4, -0.2) is 40.3 Å². The Bertz CT molecular complexity index is 1060. The summed E-state index contributed by atoms with van der Waals surface area (Å²) in [4.78, 5) is 11.2. The number of hydrogen-bond acceptors (Lipinski definition) is 4. The number of carboxylic acid groups (broad SMARTS) is 1. The molecule has 5 nitrogen and oxygen atoms in total. The summed E-state index contributed by atoms with van der Waals surface area (Å²) in [5.41, 5.74) is 3.66. The highest BCUT2D eigenvalue weighted by atomic mass is 19.4. The van der Waals surface area contributed by atoms with E-state index in [1.54, 1.807) is 0 Å². The summed E-state index contributed by atoms with van der Waals surface area (Å²) < 4.78 is 37.8. The van der Waals surface area contributed by atoms with Crippen LogP contribution in [0.15, 0.2) is 52.9 Å². The van der Waals surface area contributed by atoms with Crippen LogP contribution in [0.5, 0.6) is 0 Å². The van der Waals surface area contributed by atoms with Crippen LogP contribution >= 0.6 is 0 Å². The number of fused-ring (bicyclic) bond motifs is 1. The second-order valence-electron chi connectivity index (χ2n) is 7.81. The highest BCUT2D eigenvalue weighted by Gasteiger charge is 2.38. The van der Waals surface area contributed by atoms with Gasteiger partial charge in [0.25, 0.3) is 0 Å². The predicted octanol–water partition coefficient (Wildman–Crippen LogP) is 4.78. The molecule has 1 aliphatic rings. The van der Waals surface area contributed by atoms with Crippen molar-refractivity contribution in [2.45, 2.75) is 38.6 Å². The summed E-state index contributed by atoms with van der Waals surface area (Å²) in [6.07, 6.45) is -4.32. The third-order valence-corrected chi connectivity index (χ3v) is 5.44. The first-order valence-corrected chi connectivity index (χ1v) is 9.78. The fourth-order valence-corrected chi connectivity index (χ4v) is 3.73. The van der Waals surface area contributed by atoms with Crippen molar-refractivity contribution in [2.75, 3.05) is 13.1 Å². The van der Waals surface area contributed by atoms with Crippen molar-refractivity contribution in [1.29, 1.82) is 0 Å². The molecule has 2 heterocycles. The number of likely N-dealkylation sites (tertiary alicyclic amines) is 1. The average Bonchev–Trinajstić information content (AvgIpc) is 3.24. The molecule has 1 aromatic heterocycles. The number of benzene rings is 2. The van der Waals surface area contributed by atoms with Gasteiger partial charge in [0.1, 0.15) is 16.9 Å². The van der Waals surface area contributed by atoms with Gasteiger partial charge in [-0.1, -0.05) is 42.0 Å². The van der Waals surface area contributed by atoms with Gasteiger partial charge in [-0.25, -0.2) is 4.79 Å². The number of rotatable bonds is 3. The molecule has 4 rings (SSSR count). The molecule has 0 spiro atoms. The van der Waals surface area contributed by atoms with E-state index in [1.165, 1.54) is 16.5 Å². The van der Waals surface area contributed by atoms with Gasteiger partial charge in [-0.2, -0.15) is 13.2 Å². The summed E-state index contributed by atoms with van der Waals surface area (Å²) in [5.74, 6) is -1.75. The summed E-state index contributed by atoms with van der Waals surface area (Å²) in [7, 11) is 0. The summed E-state index contributed by atoms with van der Waals surface area (Å²) in [5, 5.41) is 19.3. The first-order chi connectivity index (χ1) is 14.5. The number of aliphatic carboxylic acids is 1. The molecule has 2 aromatic carbocycles. The monoisotopic (exact) mass is 435 g/mol. The maximum absolute atomic E-state index is 11.0. The summed E-state index contributed by atoms with van der Waals surface area (Å²) >= 11 is 0. The van der Waals surface area contributed by atoms with E-state index in [0.717, 1.165) is 36.4 Å². The maximum atomic E-state index is 11.0. The highest BCUT2D eigenvalue weighted by molar-refractivity contribution is 5.82. The van der Waals surface area contributed by atoms with Crippen LogP contribution in [0.1, 0.15) is 28.9 Å². The Morgan fingerprint density at radius 2 is 1.81 bits per heavy atom. The molecule has 3 aromatic rings. The Morgan fingerprint density at radius 1 is 1.16 bits per heavy atom. The van der Waals surface area contributed by atoms with Crippen molar-refractivity contribution in [3.05, 3.63) is 71.0 Å². The first kappa shape index (κ1) is 22.8. The molecule has 2 N–H and O–H groups in total. The molecular formula is C23H24F3NO4. The van der Waals surface area contributed by atoms with Crippen molar-refractivity contribution in [3.63, 3.8) is 0 Å². The van der Waals surface area contributed by atoms with Gasteiger partial charge in [-0.15, -0.1) is 0 Å². The van der Waals surface area contributed by atoms with Crippen LogP contribution in [0.2, 0.25) is 0 Å². The van der Waals surface area contributed by atoms with E-state index in [0.29, 0.717) is 6.54 Å². The lowest BCUT2D eigenvalue weighted by Crippen LogP contribution is -2.30. The van der Waals surface area contributed by atoms with Gasteiger partial charge in [0.15, 0.2) is 0 Å². The third kappa shape index (κ3) is 5.26. The molecule has 1 atom stereocenters. The van der Waals surface area contributed by atoms with Crippen molar-refractivity contribution in [2.24, 2.45) is 0 Å². The molecular weight excluding hydrogens is 411 g/mol. The molecule has 1 fully saturated rings. The van der Waals surface area contributed by atoms with Crippen molar-refractivity contribution >= 4 is 16.9 Å². The second-order valence-corrected chi connectivity index (χ2v) is 7.81. The first-order valence-electron chi connectivity index (χ1n) is 9.78. The topological polar surface area (TPSA) is 73.9 Å². The number of hydrogen-bond donors (Lipinski definition) is 2. The van der Waals surface area contributed by atoms with Crippen LogP contribution in [0.25, 0.3) is 11.0 Å². The van der Waals surface area contributed by atoms with Gasteiger partial charge in [-0.3, -0.25) is 4.90 Å². The smallest absolute Gasteiger partial charge is 0.475 e. The molecule has 1 saturated heterocycles. The van der Waals surface area contributed by atoms with Crippen LogP contribution in [-0.2, 0) is 16.9 Å². The molecule has 1 aliphatic heterocycles. The average molecular weight is 435 g/mol. The number of aliphatic hydroxyl groups is 1. The SMILES string of the molecule is Cc1ccc2oc(CN3CCC(O)(c4ccccc4)C3)c(C)c2c1.O=C(O)C(F)(F)F. The van der Waals surface area contributed by atoms with Gasteiger partial charge < -0.3 is 14.6 Å². The maximum Gasteiger partial charge on any atom is 0.490 e. The Kier molecular flexibility index (Phi) is 6.43. The Hall–Kier alpha value is -2.84. The molecule has 166 valence electrons.